The quantitative estimate of drug-likeness (QED) is 0.804. The zero-order valence-corrected chi connectivity index (χ0v) is 11.8. The number of rotatable bonds is 2. The summed E-state index contributed by atoms with van der Waals surface area (Å²) in [5.74, 6) is -0.183. The van der Waals surface area contributed by atoms with E-state index in [1.54, 1.807) is 4.90 Å². The number of carbonyl (C=O) groups is 2. The lowest BCUT2D eigenvalue weighted by Gasteiger charge is -2.36. The molecule has 2 amide bonds. The molecule has 1 saturated heterocycles. The van der Waals surface area contributed by atoms with E-state index in [9.17, 15) is 9.59 Å². The summed E-state index contributed by atoms with van der Waals surface area (Å²) in [5.41, 5.74) is 0. The highest BCUT2D eigenvalue weighted by atomic mass is 16.4. The minimum Gasteiger partial charge on any atom is -0.481 e. The van der Waals surface area contributed by atoms with E-state index in [1.807, 2.05) is 0 Å². The number of nitrogens with zero attached hydrogens (tertiary/aromatic N) is 1. The van der Waals surface area contributed by atoms with Gasteiger partial charge in [0.15, 0.2) is 0 Å². The van der Waals surface area contributed by atoms with Crippen molar-refractivity contribution in [2.45, 2.75) is 45.6 Å². The van der Waals surface area contributed by atoms with Gasteiger partial charge in [0, 0.05) is 19.1 Å². The molecule has 3 atom stereocenters. The van der Waals surface area contributed by atoms with Gasteiger partial charge in [-0.15, -0.1) is 0 Å². The molecule has 3 unspecified atom stereocenters. The average Bonchev–Trinajstić information content (AvgIpc) is 2.83. The standard InChI is InChI=1S/C14H24N2O3/c1-9-4-3-5-10(2)12(9)15-14(19)16-7-6-11(8-16)13(17)18/h9-12H,3-8H2,1-2H3,(H,15,19)(H,17,18). The Morgan fingerprint density at radius 3 is 2.32 bits per heavy atom. The van der Waals surface area contributed by atoms with Gasteiger partial charge in [0.2, 0.25) is 0 Å². The van der Waals surface area contributed by atoms with E-state index < -0.39 is 11.9 Å². The zero-order chi connectivity index (χ0) is 14.0. The van der Waals surface area contributed by atoms with Gasteiger partial charge in [-0.1, -0.05) is 20.3 Å². The number of likely N-dealkylation sites (tertiary alicyclic amines) is 1. The van der Waals surface area contributed by atoms with Gasteiger partial charge in [-0.25, -0.2) is 4.79 Å². The molecule has 0 spiro atoms. The summed E-state index contributed by atoms with van der Waals surface area (Å²) in [7, 11) is 0. The van der Waals surface area contributed by atoms with E-state index in [0.717, 1.165) is 12.8 Å². The van der Waals surface area contributed by atoms with Crippen LogP contribution in [0.4, 0.5) is 4.79 Å². The molecule has 108 valence electrons. The van der Waals surface area contributed by atoms with Gasteiger partial charge in [-0.2, -0.15) is 0 Å². The number of carboxylic acids is 1. The van der Waals surface area contributed by atoms with Crippen LogP contribution >= 0.6 is 0 Å². The first-order valence-corrected chi connectivity index (χ1v) is 7.27. The fraction of sp³-hybridized carbons (Fsp3) is 0.857. The van der Waals surface area contributed by atoms with Crippen molar-refractivity contribution in [3.05, 3.63) is 0 Å². The highest BCUT2D eigenvalue weighted by Gasteiger charge is 2.34. The van der Waals surface area contributed by atoms with Crippen LogP contribution in [0.25, 0.3) is 0 Å². The predicted octanol–water partition coefficient (Wildman–Crippen LogP) is 1.93. The zero-order valence-electron chi connectivity index (χ0n) is 11.8. The van der Waals surface area contributed by atoms with Crippen LogP contribution in [0.1, 0.15) is 39.5 Å². The Balaban J connectivity index is 1.89. The summed E-state index contributed by atoms with van der Waals surface area (Å²) in [5, 5.41) is 12.1. The van der Waals surface area contributed by atoms with Gasteiger partial charge in [0.1, 0.15) is 0 Å². The molecule has 1 saturated carbocycles. The lowest BCUT2D eigenvalue weighted by atomic mass is 9.79. The van der Waals surface area contributed by atoms with Crippen LogP contribution in [0, 0.1) is 17.8 Å². The smallest absolute Gasteiger partial charge is 0.317 e. The molecule has 2 rings (SSSR count). The molecule has 19 heavy (non-hydrogen) atoms. The molecule has 0 aromatic heterocycles. The number of aliphatic carboxylic acids is 1. The fourth-order valence-corrected chi connectivity index (χ4v) is 3.35. The predicted molar refractivity (Wildman–Crippen MR) is 71.8 cm³/mol. The van der Waals surface area contributed by atoms with E-state index in [4.69, 9.17) is 5.11 Å². The van der Waals surface area contributed by atoms with Gasteiger partial charge in [0.25, 0.3) is 0 Å². The number of urea groups is 1. The van der Waals surface area contributed by atoms with Crippen LogP contribution in [-0.4, -0.2) is 41.1 Å². The summed E-state index contributed by atoms with van der Waals surface area (Å²) in [6, 6.07) is 0.138. The van der Waals surface area contributed by atoms with E-state index in [-0.39, 0.29) is 12.1 Å². The summed E-state index contributed by atoms with van der Waals surface area (Å²) >= 11 is 0. The van der Waals surface area contributed by atoms with E-state index in [2.05, 4.69) is 19.2 Å². The summed E-state index contributed by atoms with van der Waals surface area (Å²) in [6.07, 6.45) is 4.12. The van der Waals surface area contributed by atoms with Gasteiger partial charge in [-0.3, -0.25) is 4.79 Å². The molecule has 1 heterocycles. The maximum Gasteiger partial charge on any atom is 0.317 e. The molecule has 0 bridgehead atoms. The van der Waals surface area contributed by atoms with E-state index >= 15 is 0 Å². The molecule has 2 aliphatic rings. The first-order valence-electron chi connectivity index (χ1n) is 7.27. The Morgan fingerprint density at radius 2 is 1.79 bits per heavy atom. The lowest BCUT2D eigenvalue weighted by molar-refractivity contribution is -0.141. The molecular formula is C14H24N2O3. The van der Waals surface area contributed by atoms with Crippen molar-refractivity contribution in [2.75, 3.05) is 13.1 Å². The maximum absolute atomic E-state index is 12.2. The molecule has 2 fully saturated rings. The lowest BCUT2D eigenvalue weighted by Crippen LogP contribution is -2.50. The largest absolute Gasteiger partial charge is 0.481 e. The highest BCUT2D eigenvalue weighted by Crippen LogP contribution is 2.29. The van der Waals surface area contributed by atoms with E-state index in [1.165, 1.54) is 6.42 Å². The molecule has 0 aromatic rings. The second-order valence-electron chi connectivity index (χ2n) is 6.13. The third-order valence-corrected chi connectivity index (χ3v) is 4.66. The SMILES string of the molecule is CC1CCCC(C)C1NC(=O)N1CCC(C(=O)O)C1. The number of hydrogen-bond acceptors (Lipinski definition) is 2. The van der Waals surface area contributed by atoms with Gasteiger partial charge < -0.3 is 15.3 Å². The first kappa shape index (κ1) is 14.2. The molecule has 0 radical (unpaired) electrons. The summed E-state index contributed by atoms with van der Waals surface area (Å²) in [6.45, 7) is 5.27. The van der Waals surface area contributed by atoms with Crippen molar-refractivity contribution in [3.63, 3.8) is 0 Å². The van der Waals surface area contributed by atoms with Gasteiger partial charge in [0.05, 0.1) is 5.92 Å². The number of nitrogens with one attached hydrogen (secondary N) is 1. The van der Waals surface area contributed by atoms with Gasteiger partial charge >= 0.3 is 12.0 Å². The van der Waals surface area contributed by atoms with Crippen molar-refractivity contribution in [1.82, 2.24) is 10.2 Å². The Bertz CT molecular complexity index is 349. The molecular weight excluding hydrogens is 244 g/mol. The Morgan fingerprint density at radius 1 is 1.16 bits per heavy atom. The monoisotopic (exact) mass is 268 g/mol. The normalized spacial score (nSPS) is 35.2. The number of hydrogen-bond donors (Lipinski definition) is 2. The molecule has 1 aliphatic heterocycles. The van der Waals surface area contributed by atoms with Crippen molar-refractivity contribution in [1.29, 1.82) is 0 Å². The Hall–Kier alpha value is -1.26. The first-order chi connectivity index (χ1) is 8.99. The van der Waals surface area contributed by atoms with Crippen LogP contribution in [0.15, 0.2) is 0 Å². The third-order valence-electron chi connectivity index (χ3n) is 4.66. The van der Waals surface area contributed by atoms with Crippen molar-refractivity contribution in [3.8, 4) is 0 Å². The molecule has 5 nitrogen and oxygen atoms in total. The fourth-order valence-electron chi connectivity index (χ4n) is 3.35. The number of amides is 2. The second-order valence-corrected chi connectivity index (χ2v) is 6.13. The minimum atomic E-state index is -0.797. The molecule has 0 aromatic carbocycles. The van der Waals surface area contributed by atoms with Crippen molar-refractivity contribution >= 4 is 12.0 Å². The second kappa shape index (κ2) is 5.80. The Labute approximate surface area is 114 Å². The number of carboxylic acid groups (broad SMARTS) is 1. The van der Waals surface area contributed by atoms with Crippen LogP contribution in [-0.2, 0) is 4.79 Å². The van der Waals surface area contributed by atoms with Crippen LogP contribution in [0.5, 0.6) is 0 Å². The highest BCUT2D eigenvalue weighted by molar-refractivity contribution is 5.77. The third kappa shape index (κ3) is 3.19. The van der Waals surface area contributed by atoms with Gasteiger partial charge in [-0.05, 0) is 31.1 Å². The van der Waals surface area contributed by atoms with Crippen LogP contribution in [0.2, 0.25) is 0 Å². The van der Waals surface area contributed by atoms with Crippen LogP contribution in [0.3, 0.4) is 0 Å². The molecule has 1 aliphatic carbocycles. The topological polar surface area (TPSA) is 69.6 Å². The van der Waals surface area contributed by atoms with Crippen LogP contribution < -0.4 is 5.32 Å². The average molecular weight is 268 g/mol. The number of carbonyl (C=O) groups excluding carboxylic acids is 1. The van der Waals surface area contributed by atoms with E-state index in [0.29, 0.717) is 31.3 Å². The molecule has 5 heteroatoms. The van der Waals surface area contributed by atoms with Crippen molar-refractivity contribution < 1.29 is 14.7 Å². The maximum atomic E-state index is 12.2. The summed E-state index contributed by atoms with van der Waals surface area (Å²) in [4.78, 5) is 24.7. The summed E-state index contributed by atoms with van der Waals surface area (Å²) < 4.78 is 0. The van der Waals surface area contributed by atoms with Crippen molar-refractivity contribution in [2.24, 2.45) is 17.8 Å². The minimum absolute atomic E-state index is 0.0886. The Kier molecular flexibility index (Phi) is 4.32. The molecule has 2 N–H and O–H groups in total.